The van der Waals surface area contributed by atoms with E-state index in [4.69, 9.17) is 0 Å². The van der Waals surface area contributed by atoms with Crippen molar-refractivity contribution in [2.24, 2.45) is 0 Å². The molecule has 0 N–H and O–H groups in total. The third kappa shape index (κ3) is 3.82. The molecule has 0 fully saturated rings. The molecule has 0 saturated carbocycles. The van der Waals surface area contributed by atoms with Gasteiger partial charge in [0.2, 0.25) is 0 Å². The number of nitrogens with zero attached hydrogens (tertiary/aromatic N) is 1. The molecule has 0 aromatic carbocycles. The van der Waals surface area contributed by atoms with Gasteiger partial charge < -0.3 is 0 Å². The van der Waals surface area contributed by atoms with Gasteiger partial charge in [-0.2, -0.15) is 0 Å². The SMILES string of the molecule is CCCN(F)F. The topological polar surface area (TPSA) is 3.24 Å². The summed E-state index contributed by atoms with van der Waals surface area (Å²) in [5, 5.41) is -0.819. The Kier molecular flexibility index (Phi) is 2.94. The Morgan fingerprint density at radius 3 is 2.00 bits per heavy atom. The first-order valence-corrected chi connectivity index (χ1v) is 1.86. The first-order valence-electron chi connectivity index (χ1n) is 1.86. The van der Waals surface area contributed by atoms with Gasteiger partial charge in [0.05, 0.1) is 6.54 Å². The van der Waals surface area contributed by atoms with Crippen LogP contribution in [-0.2, 0) is 0 Å². The third-order valence-corrected chi connectivity index (χ3v) is 0.393. The van der Waals surface area contributed by atoms with E-state index in [1.54, 1.807) is 6.92 Å². The van der Waals surface area contributed by atoms with Crippen LogP contribution in [0.3, 0.4) is 0 Å². The number of hydrogen-bond acceptors (Lipinski definition) is 1. The lowest BCUT2D eigenvalue weighted by molar-refractivity contribution is -0.152. The van der Waals surface area contributed by atoms with E-state index >= 15 is 0 Å². The van der Waals surface area contributed by atoms with Gasteiger partial charge in [-0.3, -0.25) is 0 Å². The Hall–Kier alpha value is -0.180. The fourth-order valence-corrected chi connectivity index (χ4v) is 0.169. The number of hydrogen-bond donors (Lipinski definition) is 0. The van der Waals surface area contributed by atoms with Crippen LogP contribution in [0, 0.1) is 0 Å². The molecular formula is C3H7F2N. The van der Waals surface area contributed by atoms with Crippen LogP contribution in [0.5, 0.6) is 0 Å². The normalized spacial score (nSPS) is 10.0. The minimum absolute atomic E-state index is 0.125. The minimum Gasteiger partial charge on any atom is -0.102 e. The predicted octanol–water partition coefficient (Wildman–Crippen LogP) is 1.47. The summed E-state index contributed by atoms with van der Waals surface area (Å²) in [5.74, 6) is 0. The minimum atomic E-state index is -0.819. The smallest absolute Gasteiger partial charge is 0.0617 e. The Morgan fingerprint density at radius 2 is 2.00 bits per heavy atom. The maximum absolute atomic E-state index is 10.9. The van der Waals surface area contributed by atoms with E-state index in [-0.39, 0.29) is 6.54 Å². The van der Waals surface area contributed by atoms with Gasteiger partial charge in [-0.15, -0.1) is 8.96 Å². The Bertz CT molecular complexity index is 30.0. The second-order valence-electron chi connectivity index (χ2n) is 1.03. The van der Waals surface area contributed by atoms with Crippen molar-refractivity contribution in [3.63, 3.8) is 0 Å². The van der Waals surface area contributed by atoms with E-state index in [1.807, 2.05) is 0 Å². The van der Waals surface area contributed by atoms with Gasteiger partial charge in [-0.25, -0.2) is 0 Å². The molecule has 0 aromatic heterocycles. The molecule has 0 aliphatic carbocycles. The summed E-state index contributed by atoms with van der Waals surface area (Å²) in [6.07, 6.45) is 0.507. The molecule has 0 aliphatic rings. The van der Waals surface area contributed by atoms with E-state index in [9.17, 15) is 8.96 Å². The van der Waals surface area contributed by atoms with Crippen LogP contribution in [-0.4, -0.2) is 11.9 Å². The number of halogens is 2. The molecule has 0 unspecified atom stereocenters. The van der Waals surface area contributed by atoms with Gasteiger partial charge in [-0.1, -0.05) is 6.92 Å². The molecule has 1 nitrogen and oxygen atoms in total. The highest BCUT2D eigenvalue weighted by Crippen LogP contribution is 1.88. The van der Waals surface area contributed by atoms with E-state index in [0.29, 0.717) is 6.42 Å². The maximum Gasteiger partial charge on any atom is 0.0617 e. The molecule has 0 spiro atoms. The summed E-state index contributed by atoms with van der Waals surface area (Å²) >= 11 is 0. The molecule has 0 radical (unpaired) electrons. The fourth-order valence-electron chi connectivity index (χ4n) is 0.169. The summed E-state index contributed by atoms with van der Waals surface area (Å²) in [4.78, 5) is 0. The highest BCUT2D eigenvalue weighted by molar-refractivity contribution is 4.22. The second-order valence-corrected chi connectivity index (χ2v) is 1.03. The van der Waals surface area contributed by atoms with Gasteiger partial charge in [0.15, 0.2) is 0 Å². The van der Waals surface area contributed by atoms with Crippen molar-refractivity contribution in [1.29, 1.82) is 0 Å². The van der Waals surface area contributed by atoms with Crippen molar-refractivity contribution in [1.82, 2.24) is 5.34 Å². The van der Waals surface area contributed by atoms with Crippen molar-refractivity contribution >= 4 is 0 Å². The molecule has 38 valence electrons. The zero-order valence-corrected chi connectivity index (χ0v) is 3.62. The van der Waals surface area contributed by atoms with Gasteiger partial charge in [-0.05, 0) is 6.42 Å². The molecule has 6 heavy (non-hydrogen) atoms. The van der Waals surface area contributed by atoms with Crippen LogP contribution in [0.25, 0.3) is 0 Å². The molecule has 0 heterocycles. The lowest BCUT2D eigenvalue weighted by Gasteiger charge is -1.91. The van der Waals surface area contributed by atoms with Crippen LogP contribution >= 0.6 is 0 Å². The predicted molar refractivity (Wildman–Crippen MR) is 19.2 cm³/mol. The summed E-state index contributed by atoms with van der Waals surface area (Å²) in [5.41, 5.74) is 0. The molecular weight excluding hydrogens is 88.0 g/mol. The van der Waals surface area contributed by atoms with E-state index < -0.39 is 5.34 Å². The van der Waals surface area contributed by atoms with E-state index in [2.05, 4.69) is 0 Å². The van der Waals surface area contributed by atoms with Crippen molar-refractivity contribution in [3.8, 4) is 0 Å². The highest BCUT2D eigenvalue weighted by atomic mass is 19.4. The second kappa shape index (κ2) is 3.03. The Balaban J connectivity index is 2.63. The number of rotatable bonds is 2. The summed E-state index contributed by atoms with van der Waals surface area (Å²) in [6.45, 7) is 1.58. The van der Waals surface area contributed by atoms with Gasteiger partial charge in [0.25, 0.3) is 0 Å². The molecule has 0 bridgehead atoms. The van der Waals surface area contributed by atoms with Crippen LogP contribution < -0.4 is 0 Å². The van der Waals surface area contributed by atoms with Crippen LogP contribution in [0.2, 0.25) is 0 Å². The van der Waals surface area contributed by atoms with Crippen LogP contribution in [0.15, 0.2) is 0 Å². The molecule has 0 aromatic rings. The molecule has 0 saturated heterocycles. The summed E-state index contributed by atoms with van der Waals surface area (Å²) < 4.78 is 21.7. The summed E-state index contributed by atoms with van der Waals surface area (Å²) in [7, 11) is 0. The van der Waals surface area contributed by atoms with Crippen LogP contribution in [0.1, 0.15) is 13.3 Å². The maximum atomic E-state index is 10.9. The zero-order chi connectivity index (χ0) is 4.99. The van der Waals surface area contributed by atoms with Gasteiger partial charge >= 0.3 is 0 Å². The van der Waals surface area contributed by atoms with Crippen molar-refractivity contribution in [2.45, 2.75) is 13.3 Å². The highest BCUT2D eigenvalue weighted by Gasteiger charge is 1.90. The van der Waals surface area contributed by atoms with E-state index in [1.165, 1.54) is 0 Å². The first-order chi connectivity index (χ1) is 2.77. The lowest BCUT2D eigenvalue weighted by atomic mass is 10.5. The standard InChI is InChI=1S/C3H7F2N/c1-2-3-6(4)5/h2-3H2,1H3. The molecule has 3 heteroatoms. The van der Waals surface area contributed by atoms with Gasteiger partial charge in [0.1, 0.15) is 0 Å². The molecule has 0 amide bonds. The molecule has 0 atom stereocenters. The van der Waals surface area contributed by atoms with Crippen molar-refractivity contribution in [3.05, 3.63) is 0 Å². The lowest BCUT2D eigenvalue weighted by Crippen LogP contribution is -1.99. The van der Waals surface area contributed by atoms with Gasteiger partial charge in [0, 0.05) is 5.34 Å². The van der Waals surface area contributed by atoms with Crippen LogP contribution in [0.4, 0.5) is 8.96 Å². The van der Waals surface area contributed by atoms with Crippen molar-refractivity contribution in [2.75, 3.05) is 6.54 Å². The molecule has 0 rings (SSSR count). The first kappa shape index (κ1) is 5.82. The largest absolute Gasteiger partial charge is 0.102 e. The zero-order valence-electron chi connectivity index (χ0n) is 3.62. The van der Waals surface area contributed by atoms with Crippen molar-refractivity contribution < 1.29 is 8.96 Å². The molecule has 0 aliphatic heterocycles. The average molecular weight is 95.1 g/mol. The monoisotopic (exact) mass is 95.1 g/mol. The summed E-state index contributed by atoms with van der Waals surface area (Å²) in [6, 6.07) is 0. The fraction of sp³-hybridized carbons (Fsp3) is 1.00. The Morgan fingerprint density at radius 1 is 1.50 bits per heavy atom. The quantitative estimate of drug-likeness (QED) is 0.469. The average Bonchev–Trinajstić information content (AvgIpc) is 1.35. The Labute approximate surface area is 35.4 Å². The third-order valence-electron chi connectivity index (χ3n) is 0.393. The van der Waals surface area contributed by atoms with E-state index in [0.717, 1.165) is 0 Å².